The van der Waals surface area contributed by atoms with Crippen LogP contribution in [0.1, 0.15) is 26.3 Å². The highest BCUT2D eigenvalue weighted by Gasteiger charge is 2.32. The summed E-state index contributed by atoms with van der Waals surface area (Å²) in [6.45, 7) is 0. The summed E-state index contributed by atoms with van der Waals surface area (Å²) in [4.78, 5) is 33.6. The number of para-hydroxylation sites is 2. The molecule has 0 bridgehead atoms. The Kier molecular flexibility index (Phi) is 5.24. The van der Waals surface area contributed by atoms with Gasteiger partial charge in [-0.3, -0.25) is 0 Å². The zero-order valence-electron chi connectivity index (χ0n) is 17.8. The number of hydrogen-bond donors (Lipinski definition) is 0. The lowest BCUT2D eigenvalue weighted by Gasteiger charge is -2.21. The summed E-state index contributed by atoms with van der Waals surface area (Å²) >= 11 is 0. The van der Waals surface area contributed by atoms with Crippen LogP contribution in [0, 0.1) is 0 Å². The minimum atomic E-state index is -4.65. The van der Waals surface area contributed by atoms with Gasteiger partial charge in [0, 0.05) is 0 Å². The smallest absolute Gasteiger partial charge is 0.416 e. The van der Waals surface area contributed by atoms with E-state index in [2.05, 4.69) is 9.97 Å². The molecule has 0 radical (unpaired) electrons. The van der Waals surface area contributed by atoms with Crippen LogP contribution < -0.4 is 14.2 Å². The van der Waals surface area contributed by atoms with Crippen LogP contribution in [-0.4, -0.2) is 29.0 Å². The third-order valence-corrected chi connectivity index (χ3v) is 4.98. The molecule has 4 aromatic rings. The Balaban J connectivity index is 1.55. The molecule has 11 heteroatoms. The van der Waals surface area contributed by atoms with Crippen molar-refractivity contribution in [3.63, 3.8) is 0 Å². The maximum Gasteiger partial charge on any atom is 0.416 e. The number of alkyl halides is 3. The van der Waals surface area contributed by atoms with Gasteiger partial charge in [-0.1, -0.05) is 18.2 Å². The van der Waals surface area contributed by atoms with E-state index in [0.29, 0.717) is 17.1 Å². The van der Waals surface area contributed by atoms with Crippen molar-refractivity contribution >= 4 is 23.0 Å². The summed E-state index contributed by atoms with van der Waals surface area (Å²) in [6, 6.07) is 13.1. The van der Waals surface area contributed by atoms with Crippen molar-refractivity contribution < 1.29 is 41.7 Å². The molecule has 5 rings (SSSR count). The lowest BCUT2D eigenvalue weighted by Crippen LogP contribution is -2.14. The van der Waals surface area contributed by atoms with E-state index < -0.39 is 23.7 Å². The van der Waals surface area contributed by atoms with Crippen molar-refractivity contribution in [1.29, 1.82) is 0 Å². The average molecular weight is 482 g/mol. The molecule has 3 aromatic carbocycles. The number of ether oxygens (including phenoxy) is 4. The fourth-order valence-electron chi connectivity index (χ4n) is 3.35. The van der Waals surface area contributed by atoms with Crippen molar-refractivity contribution in [2.75, 3.05) is 7.11 Å². The molecule has 0 fully saturated rings. The fraction of sp³-hybridized carbons (Fsp3) is 0.0833. The van der Waals surface area contributed by atoms with Gasteiger partial charge in [0.15, 0.2) is 11.5 Å². The van der Waals surface area contributed by atoms with E-state index in [-0.39, 0.29) is 40.1 Å². The molecule has 1 aromatic heterocycles. The highest BCUT2D eigenvalue weighted by Crippen LogP contribution is 2.49. The second-order valence-electron chi connectivity index (χ2n) is 7.29. The van der Waals surface area contributed by atoms with Crippen molar-refractivity contribution in [1.82, 2.24) is 9.97 Å². The molecule has 0 atom stereocenters. The summed E-state index contributed by atoms with van der Waals surface area (Å²) in [5, 5.41) is 0. The van der Waals surface area contributed by atoms with E-state index in [0.717, 1.165) is 25.3 Å². The lowest BCUT2D eigenvalue weighted by atomic mass is 10.1. The van der Waals surface area contributed by atoms with Crippen LogP contribution in [0.3, 0.4) is 0 Å². The Hall–Kier alpha value is -4.67. The van der Waals surface area contributed by atoms with Gasteiger partial charge in [0.05, 0.1) is 34.8 Å². The molecule has 2 heterocycles. The molecule has 0 N–H and O–H groups in total. The lowest BCUT2D eigenvalue weighted by molar-refractivity contribution is -0.137. The average Bonchev–Trinajstić information content (AvgIpc) is 2.85. The number of fused-ring (bicyclic) bond motifs is 3. The van der Waals surface area contributed by atoms with Gasteiger partial charge in [-0.25, -0.2) is 19.6 Å². The van der Waals surface area contributed by atoms with Crippen LogP contribution in [0.5, 0.6) is 29.0 Å². The molecule has 8 nitrogen and oxygen atoms in total. The number of aromatic nitrogens is 2. The summed E-state index contributed by atoms with van der Waals surface area (Å²) in [7, 11) is 1.15. The maximum absolute atomic E-state index is 13.1. The molecular formula is C24H13F3N2O6. The number of methoxy groups -OCH3 is 1. The van der Waals surface area contributed by atoms with Gasteiger partial charge in [0.2, 0.25) is 5.75 Å². The third kappa shape index (κ3) is 4.19. The van der Waals surface area contributed by atoms with E-state index in [1.807, 2.05) is 0 Å². The molecule has 0 unspecified atom stereocenters. The number of carbonyl (C=O) groups excluding carboxylic acids is 2. The minimum absolute atomic E-state index is 0.00775. The van der Waals surface area contributed by atoms with Crippen LogP contribution in [0.4, 0.5) is 13.2 Å². The Bertz CT molecular complexity index is 1500. The van der Waals surface area contributed by atoms with Crippen LogP contribution >= 0.6 is 0 Å². The summed E-state index contributed by atoms with van der Waals surface area (Å²) in [5.41, 5.74) is -0.405. The number of carbonyl (C=O) groups is 2. The first kappa shape index (κ1) is 22.1. The highest BCUT2D eigenvalue weighted by molar-refractivity contribution is 5.94. The topological polar surface area (TPSA) is 96.8 Å². The molecule has 0 saturated heterocycles. The molecular weight excluding hydrogens is 469 g/mol. The first-order valence-corrected chi connectivity index (χ1v) is 10.0. The van der Waals surface area contributed by atoms with E-state index in [1.54, 1.807) is 24.3 Å². The van der Waals surface area contributed by atoms with Crippen LogP contribution in [0.15, 0.2) is 60.7 Å². The third-order valence-electron chi connectivity index (χ3n) is 4.98. The van der Waals surface area contributed by atoms with Gasteiger partial charge in [-0.15, -0.1) is 0 Å². The van der Waals surface area contributed by atoms with E-state index >= 15 is 0 Å². The van der Waals surface area contributed by atoms with Gasteiger partial charge in [0.25, 0.3) is 11.8 Å². The Morgan fingerprint density at radius 2 is 1.51 bits per heavy atom. The summed E-state index contributed by atoms with van der Waals surface area (Å²) < 4.78 is 60.8. The molecule has 1 aliphatic rings. The largest absolute Gasteiger partial charge is 0.465 e. The summed E-state index contributed by atoms with van der Waals surface area (Å²) in [5.74, 6) is -2.34. The predicted molar refractivity (Wildman–Crippen MR) is 114 cm³/mol. The van der Waals surface area contributed by atoms with Gasteiger partial charge >= 0.3 is 18.1 Å². The molecule has 176 valence electrons. The minimum Gasteiger partial charge on any atom is -0.465 e. The summed E-state index contributed by atoms with van der Waals surface area (Å²) in [6.07, 6.45) is -4.65. The van der Waals surface area contributed by atoms with Crippen LogP contribution in [0.2, 0.25) is 0 Å². The SMILES string of the molecule is COC(=O)c1cc(OC(=O)c2cccc(C(F)(F)F)c2)c2c(c1)Oc1nc3ccccc3nc1O2. The zero-order valence-corrected chi connectivity index (χ0v) is 17.8. The van der Waals surface area contributed by atoms with E-state index in [9.17, 15) is 22.8 Å². The Morgan fingerprint density at radius 1 is 0.829 bits per heavy atom. The first-order valence-electron chi connectivity index (χ1n) is 10.0. The maximum atomic E-state index is 13.1. The molecule has 0 spiro atoms. The van der Waals surface area contributed by atoms with E-state index in [1.165, 1.54) is 12.1 Å². The molecule has 0 amide bonds. The number of benzene rings is 3. The van der Waals surface area contributed by atoms with E-state index in [4.69, 9.17) is 18.9 Å². The normalized spacial score (nSPS) is 12.1. The van der Waals surface area contributed by atoms with Gasteiger partial charge < -0.3 is 18.9 Å². The fourth-order valence-corrected chi connectivity index (χ4v) is 3.35. The number of esters is 2. The first-order chi connectivity index (χ1) is 16.7. The van der Waals surface area contributed by atoms with Crippen molar-refractivity contribution in [2.45, 2.75) is 6.18 Å². The van der Waals surface area contributed by atoms with Gasteiger partial charge in [-0.2, -0.15) is 13.2 Å². The second kappa shape index (κ2) is 8.28. The number of halogens is 3. The van der Waals surface area contributed by atoms with Crippen molar-refractivity contribution in [2.24, 2.45) is 0 Å². The highest BCUT2D eigenvalue weighted by atomic mass is 19.4. The molecule has 0 aliphatic carbocycles. The second-order valence-corrected chi connectivity index (χ2v) is 7.29. The molecule has 1 aliphatic heterocycles. The predicted octanol–water partition coefficient (Wildman–Crippen LogP) is 5.55. The van der Waals surface area contributed by atoms with Crippen LogP contribution in [0.25, 0.3) is 11.0 Å². The number of hydrogen-bond acceptors (Lipinski definition) is 8. The quantitative estimate of drug-likeness (QED) is 0.244. The van der Waals surface area contributed by atoms with Gasteiger partial charge in [0.1, 0.15) is 0 Å². The monoisotopic (exact) mass is 482 g/mol. The Morgan fingerprint density at radius 3 is 2.17 bits per heavy atom. The Labute approximate surface area is 194 Å². The van der Waals surface area contributed by atoms with Crippen molar-refractivity contribution in [3.8, 4) is 29.0 Å². The zero-order chi connectivity index (χ0) is 24.7. The van der Waals surface area contributed by atoms with Crippen LogP contribution in [-0.2, 0) is 10.9 Å². The number of rotatable bonds is 3. The molecule has 0 saturated carbocycles. The van der Waals surface area contributed by atoms with Crippen molar-refractivity contribution in [3.05, 3.63) is 77.4 Å². The van der Waals surface area contributed by atoms with Gasteiger partial charge in [-0.05, 0) is 42.5 Å². The standard InChI is InChI=1S/C24H13F3N2O6/c1-32-22(30)13-10-17-19(35-21-20(33-17)28-15-7-2-3-8-16(15)29-21)18(11-13)34-23(31)12-5-4-6-14(9-12)24(25,26)27/h2-11H,1H3. The number of nitrogens with zero attached hydrogens (tertiary/aromatic N) is 2. The molecule has 35 heavy (non-hydrogen) atoms.